The third-order valence-electron chi connectivity index (χ3n) is 1.69. The van der Waals surface area contributed by atoms with Crippen LogP contribution in [0.15, 0.2) is 0 Å². The minimum absolute atomic E-state index is 0.131. The Bertz CT molecular complexity index is 228. The zero-order valence-corrected chi connectivity index (χ0v) is 12.2. The number of hydrogen-bond donors (Lipinski definition) is 0. The lowest BCUT2D eigenvalue weighted by Gasteiger charge is -2.15. The van der Waals surface area contributed by atoms with E-state index in [4.69, 9.17) is 9.47 Å². The van der Waals surface area contributed by atoms with E-state index in [1.165, 1.54) is 0 Å². The summed E-state index contributed by atoms with van der Waals surface area (Å²) in [7, 11) is 0. The van der Waals surface area contributed by atoms with E-state index in [0.29, 0.717) is 10.8 Å². The first kappa shape index (κ1) is 15.7. The van der Waals surface area contributed by atoms with Crippen molar-refractivity contribution in [3.8, 4) is 0 Å². The minimum Gasteiger partial charge on any atom is -0.463 e. The van der Waals surface area contributed by atoms with Gasteiger partial charge in [0.05, 0.1) is 12.5 Å². The molecule has 0 bridgehead atoms. The van der Waals surface area contributed by atoms with Crippen LogP contribution >= 0.6 is 22.6 Å². The fourth-order valence-corrected chi connectivity index (χ4v) is 1.56. The van der Waals surface area contributed by atoms with Gasteiger partial charge in [-0.05, 0) is 20.3 Å². The number of ether oxygens (including phenoxy) is 2. The van der Waals surface area contributed by atoms with Gasteiger partial charge in [-0.3, -0.25) is 9.59 Å². The van der Waals surface area contributed by atoms with Gasteiger partial charge >= 0.3 is 11.9 Å². The molecule has 16 heavy (non-hydrogen) atoms. The summed E-state index contributed by atoms with van der Waals surface area (Å²) in [5.41, 5.74) is 0. The summed E-state index contributed by atoms with van der Waals surface area (Å²) in [6.45, 7) is 5.49. The molecule has 0 rings (SSSR count). The van der Waals surface area contributed by atoms with Crippen molar-refractivity contribution in [1.29, 1.82) is 0 Å². The molecule has 0 heterocycles. The van der Waals surface area contributed by atoms with Crippen LogP contribution in [-0.2, 0) is 19.1 Å². The van der Waals surface area contributed by atoms with Crippen LogP contribution in [0.1, 0.15) is 40.0 Å². The first-order chi connectivity index (χ1) is 7.49. The summed E-state index contributed by atoms with van der Waals surface area (Å²) >= 11 is 2.09. The molecule has 0 aliphatic rings. The van der Waals surface area contributed by atoms with Gasteiger partial charge in [-0.15, -0.1) is 0 Å². The molecule has 4 nitrogen and oxygen atoms in total. The molecule has 1 atom stereocenters. The Hall–Kier alpha value is -0.330. The molecule has 0 fully saturated rings. The number of hydrogen-bond acceptors (Lipinski definition) is 4. The maximum atomic E-state index is 11.3. The summed E-state index contributed by atoms with van der Waals surface area (Å²) in [6, 6.07) is 0. The number of carbonyl (C=O) groups is 2. The SMILES string of the molecule is CCCC(=O)OC(CI)CC(=O)OC(C)C. The normalized spacial score (nSPS) is 12.3. The highest BCUT2D eigenvalue weighted by atomic mass is 127. The standard InChI is InChI=1S/C11H19IO4/c1-4-5-10(13)16-9(7-12)6-11(14)15-8(2)3/h8-9H,4-7H2,1-3H3. The van der Waals surface area contributed by atoms with Crippen molar-refractivity contribution in [3.63, 3.8) is 0 Å². The second-order valence-corrected chi connectivity index (χ2v) is 4.64. The predicted octanol–water partition coefficient (Wildman–Crippen LogP) is 2.48. The van der Waals surface area contributed by atoms with Crippen molar-refractivity contribution in [3.05, 3.63) is 0 Å². The molecule has 0 spiro atoms. The molecular weight excluding hydrogens is 323 g/mol. The van der Waals surface area contributed by atoms with Crippen molar-refractivity contribution in [2.45, 2.75) is 52.2 Å². The molecule has 0 aromatic carbocycles. The fraction of sp³-hybridized carbons (Fsp3) is 0.818. The van der Waals surface area contributed by atoms with Crippen LogP contribution in [-0.4, -0.2) is 28.6 Å². The Balaban J connectivity index is 3.99. The van der Waals surface area contributed by atoms with Crippen LogP contribution in [0.3, 0.4) is 0 Å². The van der Waals surface area contributed by atoms with Crippen molar-refractivity contribution < 1.29 is 19.1 Å². The molecule has 0 radical (unpaired) electrons. The third-order valence-corrected chi connectivity index (χ3v) is 2.67. The second-order valence-electron chi connectivity index (χ2n) is 3.76. The number of alkyl halides is 1. The van der Waals surface area contributed by atoms with E-state index in [9.17, 15) is 9.59 Å². The lowest BCUT2D eigenvalue weighted by atomic mass is 10.3. The predicted molar refractivity (Wildman–Crippen MR) is 69.5 cm³/mol. The van der Waals surface area contributed by atoms with Gasteiger partial charge in [-0.2, -0.15) is 0 Å². The Kier molecular flexibility index (Phi) is 8.60. The smallest absolute Gasteiger partial charge is 0.309 e. The second kappa shape index (κ2) is 8.78. The first-order valence-electron chi connectivity index (χ1n) is 5.44. The van der Waals surface area contributed by atoms with Crippen LogP contribution in [0.5, 0.6) is 0 Å². The van der Waals surface area contributed by atoms with E-state index in [2.05, 4.69) is 22.6 Å². The number of rotatable bonds is 7. The quantitative estimate of drug-likeness (QED) is 0.405. The number of halogens is 1. The molecule has 0 aromatic rings. The van der Waals surface area contributed by atoms with E-state index in [0.717, 1.165) is 6.42 Å². The van der Waals surface area contributed by atoms with E-state index < -0.39 is 0 Å². The monoisotopic (exact) mass is 342 g/mol. The van der Waals surface area contributed by atoms with Crippen molar-refractivity contribution in [2.75, 3.05) is 4.43 Å². The molecule has 5 heteroatoms. The summed E-state index contributed by atoms with van der Waals surface area (Å²) in [4.78, 5) is 22.6. The maximum absolute atomic E-state index is 11.3. The Morgan fingerprint density at radius 3 is 2.25 bits per heavy atom. The first-order valence-corrected chi connectivity index (χ1v) is 6.97. The zero-order valence-electron chi connectivity index (χ0n) is 9.99. The van der Waals surface area contributed by atoms with Crippen LogP contribution in [0.25, 0.3) is 0 Å². The molecule has 0 N–H and O–H groups in total. The van der Waals surface area contributed by atoms with Crippen LogP contribution < -0.4 is 0 Å². The van der Waals surface area contributed by atoms with Gasteiger partial charge in [0.2, 0.25) is 0 Å². The van der Waals surface area contributed by atoms with E-state index in [-0.39, 0.29) is 30.6 Å². The molecule has 1 unspecified atom stereocenters. The molecule has 0 saturated carbocycles. The van der Waals surface area contributed by atoms with Crippen LogP contribution in [0.4, 0.5) is 0 Å². The fourth-order valence-electron chi connectivity index (χ4n) is 1.07. The van der Waals surface area contributed by atoms with Crippen LogP contribution in [0, 0.1) is 0 Å². The zero-order chi connectivity index (χ0) is 12.6. The molecule has 0 saturated heterocycles. The van der Waals surface area contributed by atoms with Crippen molar-refractivity contribution >= 4 is 34.5 Å². The Morgan fingerprint density at radius 1 is 1.19 bits per heavy atom. The van der Waals surface area contributed by atoms with Gasteiger partial charge < -0.3 is 9.47 Å². The van der Waals surface area contributed by atoms with Gasteiger partial charge in [0, 0.05) is 10.8 Å². The minimum atomic E-state index is -0.370. The lowest BCUT2D eigenvalue weighted by Crippen LogP contribution is -2.25. The Morgan fingerprint density at radius 2 is 1.81 bits per heavy atom. The topological polar surface area (TPSA) is 52.6 Å². The van der Waals surface area contributed by atoms with Crippen LogP contribution in [0.2, 0.25) is 0 Å². The van der Waals surface area contributed by atoms with Crippen molar-refractivity contribution in [2.24, 2.45) is 0 Å². The Labute approximate surface area is 110 Å². The molecule has 0 aromatic heterocycles. The molecule has 0 amide bonds. The maximum Gasteiger partial charge on any atom is 0.309 e. The van der Waals surface area contributed by atoms with Gasteiger partial charge in [0.25, 0.3) is 0 Å². The largest absolute Gasteiger partial charge is 0.463 e. The number of carbonyl (C=O) groups excluding carboxylic acids is 2. The summed E-state index contributed by atoms with van der Waals surface area (Å²) in [6.07, 6.45) is 0.784. The molecule has 0 aliphatic carbocycles. The summed E-state index contributed by atoms with van der Waals surface area (Å²) < 4.78 is 10.7. The third kappa shape index (κ3) is 7.90. The molecular formula is C11H19IO4. The van der Waals surface area contributed by atoms with E-state index >= 15 is 0 Å². The highest BCUT2D eigenvalue weighted by Crippen LogP contribution is 2.08. The van der Waals surface area contributed by atoms with E-state index in [1.807, 2.05) is 6.92 Å². The summed E-state index contributed by atoms with van der Waals surface area (Å²) in [5, 5.41) is 0. The van der Waals surface area contributed by atoms with Gasteiger partial charge in [-0.25, -0.2) is 0 Å². The van der Waals surface area contributed by atoms with E-state index in [1.54, 1.807) is 13.8 Å². The van der Waals surface area contributed by atoms with Gasteiger partial charge in [-0.1, -0.05) is 29.5 Å². The highest BCUT2D eigenvalue weighted by Gasteiger charge is 2.18. The summed E-state index contributed by atoms with van der Waals surface area (Å²) in [5.74, 6) is -0.567. The van der Waals surface area contributed by atoms with Crippen molar-refractivity contribution in [1.82, 2.24) is 0 Å². The average molecular weight is 342 g/mol. The highest BCUT2D eigenvalue weighted by molar-refractivity contribution is 14.1. The van der Waals surface area contributed by atoms with Gasteiger partial charge in [0.15, 0.2) is 0 Å². The number of esters is 2. The lowest BCUT2D eigenvalue weighted by molar-refractivity contribution is -0.155. The molecule has 0 aliphatic heterocycles. The molecule has 94 valence electrons. The van der Waals surface area contributed by atoms with Gasteiger partial charge in [0.1, 0.15) is 6.10 Å². The average Bonchev–Trinajstić information content (AvgIpc) is 2.15.